The van der Waals surface area contributed by atoms with Crippen LogP contribution >= 0.6 is 0 Å². The molecule has 0 amide bonds. The largest absolute Gasteiger partial charge is 0.460 e. The Morgan fingerprint density at radius 1 is 1.38 bits per heavy atom. The zero-order chi connectivity index (χ0) is 12.0. The first-order valence-electron chi connectivity index (χ1n) is 6.52. The molecule has 0 heterocycles. The van der Waals surface area contributed by atoms with Crippen molar-refractivity contribution in [2.75, 3.05) is 0 Å². The fraction of sp³-hybridized carbons (Fsp3) is 0.923. The molecule has 0 aromatic carbocycles. The average Bonchev–Trinajstić information content (AvgIpc) is 2.30. The highest BCUT2D eigenvalue weighted by molar-refractivity contribution is 5.74. The van der Waals surface area contributed by atoms with E-state index in [9.17, 15) is 9.90 Å². The van der Waals surface area contributed by atoms with Crippen molar-refractivity contribution < 1.29 is 14.6 Å². The second kappa shape index (κ2) is 6.89. The summed E-state index contributed by atoms with van der Waals surface area (Å²) >= 11 is 0. The van der Waals surface area contributed by atoms with Crippen LogP contribution in [0.4, 0.5) is 0 Å². The van der Waals surface area contributed by atoms with Crippen LogP contribution in [0.3, 0.4) is 0 Å². The summed E-state index contributed by atoms with van der Waals surface area (Å²) in [6.45, 7) is 4.10. The van der Waals surface area contributed by atoms with E-state index < -0.39 is 12.1 Å². The van der Waals surface area contributed by atoms with Crippen LogP contribution in [0.1, 0.15) is 58.8 Å². The Morgan fingerprint density at radius 2 is 2.00 bits per heavy atom. The minimum Gasteiger partial charge on any atom is -0.460 e. The smallest absolute Gasteiger partial charge is 0.335 e. The quantitative estimate of drug-likeness (QED) is 0.736. The van der Waals surface area contributed by atoms with Gasteiger partial charge in [-0.25, -0.2) is 4.79 Å². The van der Waals surface area contributed by atoms with Gasteiger partial charge in [0.15, 0.2) is 6.10 Å². The second-order valence-electron chi connectivity index (χ2n) is 4.96. The Hall–Kier alpha value is -0.570. The molecule has 3 heteroatoms. The normalized spacial score (nSPS) is 21.4. The Labute approximate surface area is 98.2 Å². The minimum absolute atomic E-state index is 0.0489. The molecule has 0 aromatic rings. The van der Waals surface area contributed by atoms with Gasteiger partial charge < -0.3 is 9.84 Å². The van der Waals surface area contributed by atoms with Gasteiger partial charge in [0, 0.05) is 0 Å². The number of rotatable bonds is 5. The van der Waals surface area contributed by atoms with E-state index in [-0.39, 0.29) is 6.10 Å². The van der Waals surface area contributed by atoms with Gasteiger partial charge in [-0.15, -0.1) is 0 Å². The lowest BCUT2D eigenvalue weighted by Crippen LogP contribution is -2.30. The summed E-state index contributed by atoms with van der Waals surface area (Å²) in [6, 6.07) is 0. The highest BCUT2D eigenvalue weighted by atomic mass is 16.6. The topological polar surface area (TPSA) is 46.5 Å². The molecule has 1 aliphatic rings. The Bertz CT molecular complexity index is 209. The van der Waals surface area contributed by atoms with Crippen LogP contribution in [0, 0.1) is 5.92 Å². The first kappa shape index (κ1) is 13.5. The maximum atomic E-state index is 11.6. The third-order valence-electron chi connectivity index (χ3n) is 3.43. The Morgan fingerprint density at radius 3 is 2.56 bits per heavy atom. The van der Waals surface area contributed by atoms with Gasteiger partial charge in [-0.1, -0.05) is 26.7 Å². The Kier molecular flexibility index (Phi) is 5.81. The van der Waals surface area contributed by atoms with Gasteiger partial charge in [-0.3, -0.25) is 0 Å². The van der Waals surface area contributed by atoms with Crippen molar-refractivity contribution in [3.8, 4) is 0 Å². The lowest BCUT2D eigenvalue weighted by atomic mass is 9.97. The van der Waals surface area contributed by atoms with Crippen molar-refractivity contribution in [2.45, 2.75) is 71.0 Å². The third kappa shape index (κ3) is 4.52. The van der Waals surface area contributed by atoms with Gasteiger partial charge in [-0.2, -0.15) is 0 Å². The molecule has 1 saturated carbocycles. The molecular formula is C13H24O3. The van der Waals surface area contributed by atoms with Crippen molar-refractivity contribution in [3.05, 3.63) is 0 Å². The van der Waals surface area contributed by atoms with Crippen LogP contribution in [-0.2, 0) is 9.53 Å². The van der Waals surface area contributed by atoms with Crippen LogP contribution in [0.2, 0.25) is 0 Å². The summed E-state index contributed by atoms with van der Waals surface area (Å²) in [5.41, 5.74) is 0. The van der Waals surface area contributed by atoms with E-state index in [1.807, 2.05) is 6.92 Å². The standard InChI is InChI=1S/C13H24O3/c1-3-10(2)9-12(14)13(15)16-11-7-5-4-6-8-11/h10-12,14H,3-9H2,1-2H3. The predicted octanol–water partition coefficient (Wildman–Crippen LogP) is 2.66. The first-order chi connectivity index (χ1) is 7.63. The second-order valence-corrected chi connectivity index (χ2v) is 4.96. The molecule has 1 rings (SSSR count). The molecule has 0 aromatic heterocycles. The highest BCUT2D eigenvalue weighted by Gasteiger charge is 2.23. The number of carbonyl (C=O) groups excluding carboxylic acids is 1. The number of hydrogen-bond donors (Lipinski definition) is 1. The Balaban J connectivity index is 2.27. The van der Waals surface area contributed by atoms with Gasteiger partial charge >= 0.3 is 5.97 Å². The lowest BCUT2D eigenvalue weighted by molar-refractivity contribution is -0.161. The SMILES string of the molecule is CCC(C)CC(O)C(=O)OC1CCCCC1. The number of aliphatic hydroxyl groups excluding tert-OH is 1. The molecule has 1 N–H and O–H groups in total. The molecule has 3 nitrogen and oxygen atoms in total. The van der Waals surface area contributed by atoms with E-state index in [0.29, 0.717) is 12.3 Å². The van der Waals surface area contributed by atoms with E-state index in [2.05, 4.69) is 6.92 Å². The molecule has 16 heavy (non-hydrogen) atoms. The summed E-state index contributed by atoms with van der Waals surface area (Å²) in [7, 11) is 0. The van der Waals surface area contributed by atoms with Gasteiger partial charge in [0.2, 0.25) is 0 Å². The molecule has 0 aliphatic heterocycles. The summed E-state index contributed by atoms with van der Waals surface area (Å²) in [4.78, 5) is 11.6. The van der Waals surface area contributed by atoms with Crippen LogP contribution < -0.4 is 0 Å². The summed E-state index contributed by atoms with van der Waals surface area (Å²) in [5.74, 6) is -0.0545. The van der Waals surface area contributed by atoms with Gasteiger partial charge in [-0.05, 0) is 38.0 Å². The number of hydrogen-bond acceptors (Lipinski definition) is 3. The van der Waals surface area contributed by atoms with Gasteiger partial charge in [0.05, 0.1) is 0 Å². The fourth-order valence-corrected chi connectivity index (χ4v) is 2.07. The monoisotopic (exact) mass is 228 g/mol. The maximum Gasteiger partial charge on any atom is 0.335 e. The van der Waals surface area contributed by atoms with E-state index in [1.54, 1.807) is 0 Å². The average molecular weight is 228 g/mol. The highest BCUT2D eigenvalue weighted by Crippen LogP contribution is 2.21. The lowest BCUT2D eigenvalue weighted by Gasteiger charge is -2.23. The van der Waals surface area contributed by atoms with Gasteiger partial charge in [0.1, 0.15) is 6.10 Å². The summed E-state index contributed by atoms with van der Waals surface area (Å²) < 4.78 is 5.31. The van der Waals surface area contributed by atoms with Crippen molar-refractivity contribution in [3.63, 3.8) is 0 Å². The molecule has 0 bridgehead atoms. The fourth-order valence-electron chi connectivity index (χ4n) is 2.07. The van der Waals surface area contributed by atoms with E-state index in [1.165, 1.54) is 6.42 Å². The van der Waals surface area contributed by atoms with Crippen molar-refractivity contribution in [2.24, 2.45) is 5.92 Å². The van der Waals surface area contributed by atoms with Crippen molar-refractivity contribution >= 4 is 5.97 Å². The van der Waals surface area contributed by atoms with E-state index in [4.69, 9.17) is 4.74 Å². The number of carbonyl (C=O) groups is 1. The summed E-state index contributed by atoms with van der Waals surface area (Å²) in [6.07, 6.45) is 6.05. The zero-order valence-corrected chi connectivity index (χ0v) is 10.4. The van der Waals surface area contributed by atoms with Crippen molar-refractivity contribution in [1.29, 1.82) is 0 Å². The van der Waals surface area contributed by atoms with E-state index >= 15 is 0 Å². The molecule has 2 unspecified atom stereocenters. The maximum absolute atomic E-state index is 11.6. The van der Waals surface area contributed by atoms with Gasteiger partial charge in [0.25, 0.3) is 0 Å². The molecule has 0 radical (unpaired) electrons. The molecule has 0 spiro atoms. The van der Waals surface area contributed by atoms with Crippen molar-refractivity contribution in [1.82, 2.24) is 0 Å². The first-order valence-corrected chi connectivity index (χ1v) is 6.52. The number of esters is 1. The molecule has 0 saturated heterocycles. The van der Waals surface area contributed by atoms with Crippen LogP contribution in [0.25, 0.3) is 0 Å². The zero-order valence-electron chi connectivity index (χ0n) is 10.4. The van der Waals surface area contributed by atoms with Crippen LogP contribution in [-0.4, -0.2) is 23.3 Å². The molecule has 94 valence electrons. The predicted molar refractivity (Wildman–Crippen MR) is 63.0 cm³/mol. The molecule has 1 aliphatic carbocycles. The van der Waals surface area contributed by atoms with Crippen LogP contribution in [0.15, 0.2) is 0 Å². The number of aliphatic hydroxyl groups is 1. The van der Waals surface area contributed by atoms with E-state index in [0.717, 1.165) is 32.1 Å². The molecular weight excluding hydrogens is 204 g/mol. The third-order valence-corrected chi connectivity index (χ3v) is 3.43. The molecule has 1 fully saturated rings. The molecule has 2 atom stereocenters. The minimum atomic E-state index is -0.933. The van der Waals surface area contributed by atoms with Crippen LogP contribution in [0.5, 0.6) is 0 Å². The number of ether oxygens (including phenoxy) is 1. The summed E-state index contributed by atoms with van der Waals surface area (Å²) in [5, 5.41) is 9.68.